The lowest BCUT2D eigenvalue weighted by Gasteiger charge is -2.22. The third-order valence-corrected chi connectivity index (χ3v) is 4.66. The predicted molar refractivity (Wildman–Crippen MR) is 103 cm³/mol. The Morgan fingerprint density at radius 1 is 0.962 bits per heavy atom. The Hall–Kier alpha value is -3.21. The van der Waals surface area contributed by atoms with Crippen molar-refractivity contribution in [1.82, 2.24) is 9.97 Å². The van der Waals surface area contributed by atoms with Crippen LogP contribution in [0.3, 0.4) is 0 Å². The van der Waals surface area contributed by atoms with Crippen LogP contribution in [-0.4, -0.2) is 29.5 Å². The number of pyridine rings is 2. The van der Waals surface area contributed by atoms with Gasteiger partial charge >= 0.3 is 0 Å². The number of amides is 1. The van der Waals surface area contributed by atoms with Gasteiger partial charge in [0, 0.05) is 26.0 Å². The highest BCUT2D eigenvalue weighted by Crippen LogP contribution is 2.37. The molecule has 4 rings (SSSR count). The molecule has 5 nitrogen and oxygen atoms in total. The molecular formula is C21H20N4O. The van der Waals surface area contributed by atoms with Crippen LogP contribution in [0.15, 0.2) is 60.9 Å². The second-order valence-corrected chi connectivity index (χ2v) is 6.33. The molecule has 0 saturated heterocycles. The van der Waals surface area contributed by atoms with Crippen LogP contribution in [0.25, 0.3) is 0 Å². The molecule has 3 aromatic rings. The molecule has 0 unspecified atom stereocenters. The molecule has 2 aromatic heterocycles. The summed E-state index contributed by atoms with van der Waals surface area (Å²) in [6, 6.07) is 15.9. The number of carbonyl (C=O) groups excluding carboxylic acids is 1. The number of anilines is 3. The molecule has 0 spiro atoms. The average Bonchev–Trinajstić information content (AvgIpc) is 2.77. The van der Waals surface area contributed by atoms with E-state index >= 15 is 0 Å². The van der Waals surface area contributed by atoms with Gasteiger partial charge in [0.1, 0.15) is 5.82 Å². The minimum atomic E-state index is -0.0624. The van der Waals surface area contributed by atoms with Crippen molar-refractivity contribution in [1.29, 1.82) is 0 Å². The van der Waals surface area contributed by atoms with Crippen LogP contribution in [0, 0.1) is 0 Å². The van der Waals surface area contributed by atoms with Crippen molar-refractivity contribution in [2.24, 2.45) is 0 Å². The molecular weight excluding hydrogens is 324 g/mol. The second-order valence-electron chi connectivity index (χ2n) is 6.33. The average molecular weight is 344 g/mol. The SMILES string of the molecule is CCN1c2ncc(Cc3ccccc3)cc2C(=O)N(C)c2cccnc21. The fraction of sp³-hybridized carbons (Fsp3) is 0.190. The molecule has 0 fully saturated rings. The van der Waals surface area contributed by atoms with Gasteiger partial charge in [-0.05, 0) is 42.7 Å². The first-order valence-corrected chi connectivity index (χ1v) is 8.72. The standard InChI is InChI=1S/C21H20N4O/c1-3-25-19-17(21(26)24(2)18-10-7-11-22-20(18)25)13-16(14-23-19)12-15-8-5-4-6-9-15/h4-11,13-14H,3,12H2,1-2H3. The van der Waals surface area contributed by atoms with Crippen molar-refractivity contribution in [3.63, 3.8) is 0 Å². The zero-order valence-electron chi connectivity index (χ0n) is 14.9. The number of aromatic nitrogens is 2. The number of nitrogens with zero attached hydrogens (tertiary/aromatic N) is 4. The maximum absolute atomic E-state index is 13.1. The zero-order chi connectivity index (χ0) is 18.1. The van der Waals surface area contributed by atoms with Crippen LogP contribution in [-0.2, 0) is 6.42 Å². The van der Waals surface area contributed by atoms with Gasteiger partial charge in [0.25, 0.3) is 5.91 Å². The van der Waals surface area contributed by atoms with E-state index in [9.17, 15) is 4.79 Å². The van der Waals surface area contributed by atoms with Crippen molar-refractivity contribution in [2.75, 3.05) is 23.4 Å². The van der Waals surface area contributed by atoms with Gasteiger partial charge < -0.3 is 9.80 Å². The van der Waals surface area contributed by atoms with Crippen LogP contribution in [0.5, 0.6) is 0 Å². The van der Waals surface area contributed by atoms with Gasteiger partial charge in [-0.25, -0.2) is 9.97 Å². The quantitative estimate of drug-likeness (QED) is 0.725. The summed E-state index contributed by atoms with van der Waals surface area (Å²) in [7, 11) is 1.79. The normalized spacial score (nSPS) is 13.2. The molecule has 0 saturated carbocycles. The van der Waals surface area contributed by atoms with Crippen molar-refractivity contribution in [3.05, 3.63) is 77.6 Å². The summed E-state index contributed by atoms with van der Waals surface area (Å²) in [4.78, 5) is 25.9. The van der Waals surface area contributed by atoms with Crippen molar-refractivity contribution >= 4 is 23.2 Å². The van der Waals surface area contributed by atoms with Gasteiger partial charge in [-0.3, -0.25) is 4.79 Å². The Morgan fingerprint density at radius 3 is 2.54 bits per heavy atom. The minimum Gasteiger partial charge on any atom is -0.309 e. The molecule has 1 aromatic carbocycles. The Labute approximate surface area is 152 Å². The topological polar surface area (TPSA) is 49.3 Å². The van der Waals surface area contributed by atoms with Gasteiger partial charge in [0.2, 0.25) is 0 Å². The van der Waals surface area contributed by atoms with Crippen molar-refractivity contribution in [2.45, 2.75) is 13.3 Å². The van der Waals surface area contributed by atoms with Gasteiger partial charge in [0.05, 0.1) is 11.3 Å². The zero-order valence-corrected chi connectivity index (χ0v) is 14.9. The highest BCUT2D eigenvalue weighted by atomic mass is 16.2. The fourth-order valence-corrected chi connectivity index (χ4v) is 3.35. The maximum Gasteiger partial charge on any atom is 0.261 e. The van der Waals surface area contributed by atoms with Gasteiger partial charge in [-0.2, -0.15) is 0 Å². The van der Waals surface area contributed by atoms with Crippen LogP contribution < -0.4 is 9.80 Å². The summed E-state index contributed by atoms with van der Waals surface area (Å²) in [6.07, 6.45) is 4.35. The van der Waals surface area contributed by atoms with Crippen molar-refractivity contribution in [3.8, 4) is 0 Å². The number of benzene rings is 1. The summed E-state index contributed by atoms with van der Waals surface area (Å²) < 4.78 is 0. The summed E-state index contributed by atoms with van der Waals surface area (Å²) in [6.45, 7) is 2.72. The van der Waals surface area contributed by atoms with Gasteiger partial charge in [0.15, 0.2) is 5.82 Å². The molecule has 0 atom stereocenters. The lowest BCUT2D eigenvalue weighted by Crippen LogP contribution is -2.25. The van der Waals surface area contributed by atoms with E-state index in [0.717, 1.165) is 23.5 Å². The van der Waals surface area contributed by atoms with Crippen LogP contribution in [0.1, 0.15) is 28.4 Å². The lowest BCUT2D eigenvalue weighted by molar-refractivity contribution is 0.0994. The smallest absolute Gasteiger partial charge is 0.261 e. The second kappa shape index (κ2) is 6.59. The number of fused-ring (bicyclic) bond motifs is 2. The monoisotopic (exact) mass is 344 g/mol. The summed E-state index contributed by atoms with van der Waals surface area (Å²) in [5, 5.41) is 0. The molecule has 1 amide bonds. The molecule has 130 valence electrons. The van der Waals surface area contributed by atoms with Gasteiger partial charge in [-0.1, -0.05) is 30.3 Å². The molecule has 0 bridgehead atoms. The molecule has 26 heavy (non-hydrogen) atoms. The Balaban J connectivity index is 1.81. The first-order valence-electron chi connectivity index (χ1n) is 8.72. The van der Waals surface area contributed by atoms with E-state index in [-0.39, 0.29) is 5.91 Å². The van der Waals surface area contributed by atoms with E-state index in [0.29, 0.717) is 17.9 Å². The van der Waals surface area contributed by atoms with E-state index in [1.165, 1.54) is 5.56 Å². The summed E-state index contributed by atoms with van der Waals surface area (Å²) in [5.41, 5.74) is 3.62. The van der Waals surface area contributed by atoms with E-state index in [1.54, 1.807) is 18.1 Å². The summed E-state index contributed by atoms with van der Waals surface area (Å²) in [5.74, 6) is 1.36. The first kappa shape index (κ1) is 16.3. The number of carbonyl (C=O) groups is 1. The highest BCUT2D eigenvalue weighted by Gasteiger charge is 2.30. The largest absolute Gasteiger partial charge is 0.309 e. The molecule has 0 radical (unpaired) electrons. The molecule has 5 heteroatoms. The molecule has 0 N–H and O–H groups in total. The lowest BCUT2D eigenvalue weighted by atomic mass is 10.0. The molecule has 1 aliphatic rings. The van der Waals surface area contributed by atoms with Crippen molar-refractivity contribution < 1.29 is 4.79 Å². The van der Waals surface area contributed by atoms with Crippen LogP contribution in [0.2, 0.25) is 0 Å². The number of hydrogen-bond donors (Lipinski definition) is 0. The maximum atomic E-state index is 13.1. The minimum absolute atomic E-state index is 0.0624. The first-order chi connectivity index (χ1) is 12.7. The molecule has 1 aliphatic heterocycles. The summed E-state index contributed by atoms with van der Waals surface area (Å²) >= 11 is 0. The van der Waals surface area contributed by atoms with Crippen LogP contribution in [0.4, 0.5) is 17.3 Å². The fourth-order valence-electron chi connectivity index (χ4n) is 3.35. The molecule has 3 heterocycles. The van der Waals surface area contributed by atoms with Gasteiger partial charge in [-0.15, -0.1) is 0 Å². The Kier molecular flexibility index (Phi) is 4.13. The highest BCUT2D eigenvalue weighted by molar-refractivity contribution is 6.12. The van der Waals surface area contributed by atoms with E-state index in [1.807, 2.05) is 54.4 Å². The predicted octanol–water partition coefficient (Wildman–Crippen LogP) is 3.82. The third-order valence-electron chi connectivity index (χ3n) is 4.66. The van der Waals surface area contributed by atoms with E-state index < -0.39 is 0 Å². The number of rotatable bonds is 3. The Bertz CT molecular complexity index is 955. The third kappa shape index (κ3) is 2.71. The van der Waals surface area contributed by atoms with E-state index in [2.05, 4.69) is 22.1 Å². The van der Waals surface area contributed by atoms with E-state index in [4.69, 9.17) is 0 Å². The molecule has 0 aliphatic carbocycles. The Morgan fingerprint density at radius 2 is 1.77 bits per heavy atom. The number of hydrogen-bond acceptors (Lipinski definition) is 4. The van der Waals surface area contributed by atoms with Crippen LogP contribution >= 0.6 is 0 Å².